The number of pyridine rings is 1. The lowest BCUT2D eigenvalue weighted by atomic mass is 10.2. The van der Waals surface area contributed by atoms with Gasteiger partial charge in [0.1, 0.15) is 11.0 Å². The minimum absolute atomic E-state index is 0.0199. The highest BCUT2D eigenvalue weighted by atomic mass is 35.5. The molecule has 0 saturated heterocycles. The number of rotatable bonds is 4. The molecular weight excluding hydrogens is 245 g/mol. The Morgan fingerprint density at radius 1 is 1.71 bits per heavy atom. The summed E-state index contributed by atoms with van der Waals surface area (Å²) in [5.41, 5.74) is 0.0199. The molecule has 1 amide bonds. The van der Waals surface area contributed by atoms with Crippen molar-refractivity contribution < 1.29 is 9.18 Å². The van der Waals surface area contributed by atoms with Gasteiger partial charge in [-0.25, -0.2) is 9.37 Å². The first-order valence-corrected chi connectivity index (χ1v) is 5.45. The zero-order chi connectivity index (χ0) is 12.8. The maximum atomic E-state index is 13.0. The lowest BCUT2D eigenvalue weighted by molar-refractivity contribution is 0.0767. The van der Waals surface area contributed by atoms with Crippen LogP contribution in [0.25, 0.3) is 0 Å². The highest BCUT2D eigenvalue weighted by molar-refractivity contribution is 6.32. The van der Waals surface area contributed by atoms with E-state index in [4.69, 9.17) is 16.9 Å². The monoisotopic (exact) mass is 255 g/mol. The Kier molecular flexibility index (Phi) is 4.85. The summed E-state index contributed by atoms with van der Waals surface area (Å²) in [5.74, 6) is -1.03. The molecule has 4 nitrogen and oxygen atoms in total. The molecule has 0 unspecified atom stereocenters. The van der Waals surface area contributed by atoms with Gasteiger partial charge in [0.2, 0.25) is 0 Å². The number of nitriles is 1. The van der Waals surface area contributed by atoms with E-state index in [2.05, 4.69) is 4.98 Å². The molecule has 1 aromatic heterocycles. The summed E-state index contributed by atoms with van der Waals surface area (Å²) < 4.78 is 13.0. The van der Waals surface area contributed by atoms with E-state index in [9.17, 15) is 9.18 Å². The molecule has 0 saturated carbocycles. The van der Waals surface area contributed by atoms with Crippen molar-refractivity contribution >= 4 is 17.5 Å². The molecule has 0 N–H and O–H groups in total. The molecule has 0 fully saturated rings. The first-order chi connectivity index (χ1) is 8.10. The molecule has 0 spiro atoms. The number of carbonyl (C=O) groups excluding carboxylic acids is 1. The van der Waals surface area contributed by atoms with E-state index in [0.29, 0.717) is 13.1 Å². The predicted molar refractivity (Wildman–Crippen MR) is 61.0 cm³/mol. The van der Waals surface area contributed by atoms with Crippen molar-refractivity contribution in [3.8, 4) is 6.07 Å². The van der Waals surface area contributed by atoms with Gasteiger partial charge in [0.15, 0.2) is 0 Å². The number of hydrogen-bond acceptors (Lipinski definition) is 3. The summed E-state index contributed by atoms with van der Waals surface area (Å²) in [6, 6.07) is 3.00. The largest absolute Gasteiger partial charge is 0.338 e. The molecule has 0 radical (unpaired) electrons. The minimum Gasteiger partial charge on any atom is -0.338 e. The van der Waals surface area contributed by atoms with E-state index >= 15 is 0 Å². The van der Waals surface area contributed by atoms with Gasteiger partial charge in [-0.05, 0) is 13.0 Å². The third kappa shape index (κ3) is 3.40. The van der Waals surface area contributed by atoms with Gasteiger partial charge in [0.25, 0.3) is 5.91 Å². The first-order valence-electron chi connectivity index (χ1n) is 5.07. The fourth-order valence-electron chi connectivity index (χ4n) is 1.33. The van der Waals surface area contributed by atoms with Crippen molar-refractivity contribution in [2.75, 3.05) is 13.1 Å². The van der Waals surface area contributed by atoms with Crippen molar-refractivity contribution in [2.24, 2.45) is 0 Å². The highest BCUT2D eigenvalue weighted by Gasteiger charge is 2.18. The molecule has 0 aliphatic rings. The SMILES string of the molecule is CCN(CCC#N)C(=O)c1cc(F)cnc1Cl. The number of aromatic nitrogens is 1. The van der Waals surface area contributed by atoms with Crippen molar-refractivity contribution in [2.45, 2.75) is 13.3 Å². The van der Waals surface area contributed by atoms with E-state index in [1.807, 2.05) is 6.07 Å². The van der Waals surface area contributed by atoms with Gasteiger partial charge in [-0.2, -0.15) is 5.26 Å². The molecule has 0 aliphatic heterocycles. The van der Waals surface area contributed by atoms with E-state index in [-0.39, 0.29) is 17.1 Å². The van der Waals surface area contributed by atoms with Gasteiger partial charge in [0, 0.05) is 13.1 Å². The normalized spacial score (nSPS) is 9.76. The van der Waals surface area contributed by atoms with Crippen LogP contribution in [0, 0.1) is 17.1 Å². The zero-order valence-electron chi connectivity index (χ0n) is 9.28. The van der Waals surface area contributed by atoms with Crippen LogP contribution in [-0.2, 0) is 0 Å². The predicted octanol–water partition coefficient (Wildman–Crippen LogP) is 2.25. The van der Waals surface area contributed by atoms with Crippen LogP contribution in [0.5, 0.6) is 0 Å². The Bertz CT molecular complexity index is 459. The molecule has 0 aliphatic carbocycles. The molecule has 0 atom stereocenters. The van der Waals surface area contributed by atoms with Gasteiger partial charge in [-0.15, -0.1) is 0 Å². The second-order valence-corrected chi connectivity index (χ2v) is 3.64. The van der Waals surface area contributed by atoms with Crippen LogP contribution in [0.4, 0.5) is 4.39 Å². The molecule has 0 aromatic carbocycles. The van der Waals surface area contributed by atoms with Gasteiger partial charge in [-0.3, -0.25) is 4.79 Å². The van der Waals surface area contributed by atoms with E-state index in [0.717, 1.165) is 12.3 Å². The van der Waals surface area contributed by atoms with Crippen LogP contribution >= 0.6 is 11.6 Å². The first kappa shape index (κ1) is 13.4. The fraction of sp³-hybridized carbons (Fsp3) is 0.364. The van der Waals surface area contributed by atoms with Crippen LogP contribution < -0.4 is 0 Å². The molecule has 1 aromatic rings. The number of hydrogen-bond donors (Lipinski definition) is 0. The summed E-state index contributed by atoms with van der Waals surface area (Å²) >= 11 is 5.74. The van der Waals surface area contributed by atoms with Crippen LogP contribution in [0.1, 0.15) is 23.7 Å². The Morgan fingerprint density at radius 2 is 2.41 bits per heavy atom. The second kappa shape index (κ2) is 6.16. The minimum atomic E-state index is -0.617. The molecule has 17 heavy (non-hydrogen) atoms. The number of carbonyl (C=O) groups is 1. The van der Waals surface area contributed by atoms with E-state index in [1.165, 1.54) is 4.90 Å². The molecule has 1 heterocycles. The van der Waals surface area contributed by atoms with Crippen molar-refractivity contribution in [1.82, 2.24) is 9.88 Å². The average molecular weight is 256 g/mol. The third-order valence-corrected chi connectivity index (χ3v) is 2.50. The van der Waals surface area contributed by atoms with Gasteiger partial charge in [-0.1, -0.05) is 11.6 Å². The number of halogens is 2. The smallest absolute Gasteiger partial charge is 0.257 e. The van der Waals surface area contributed by atoms with Crippen LogP contribution in [-0.4, -0.2) is 28.9 Å². The average Bonchev–Trinajstić information content (AvgIpc) is 2.33. The van der Waals surface area contributed by atoms with Crippen LogP contribution in [0.3, 0.4) is 0 Å². The summed E-state index contributed by atoms with van der Waals surface area (Å²) in [4.78, 5) is 17.0. The van der Waals surface area contributed by atoms with Gasteiger partial charge >= 0.3 is 0 Å². The molecular formula is C11H11ClFN3O. The lowest BCUT2D eigenvalue weighted by Gasteiger charge is -2.19. The maximum Gasteiger partial charge on any atom is 0.257 e. The van der Waals surface area contributed by atoms with E-state index < -0.39 is 11.7 Å². The van der Waals surface area contributed by atoms with Crippen molar-refractivity contribution in [1.29, 1.82) is 5.26 Å². The molecule has 90 valence electrons. The second-order valence-electron chi connectivity index (χ2n) is 3.28. The fourth-order valence-corrected chi connectivity index (χ4v) is 1.52. The Labute approximate surface area is 104 Å². The Hall–Kier alpha value is -1.67. The third-order valence-electron chi connectivity index (χ3n) is 2.20. The molecule has 6 heteroatoms. The molecule has 0 bridgehead atoms. The lowest BCUT2D eigenvalue weighted by Crippen LogP contribution is -2.32. The quantitative estimate of drug-likeness (QED) is 0.776. The maximum absolute atomic E-state index is 13.0. The summed E-state index contributed by atoms with van der Waals surface area (Å²) in [5, 5.41) is 8.44. The number of amides is 1. The van der Waals surface area contributed by atoms with E-state index in [1.54, 1.807) is 6.92 Å². The van der Waals surface area contributed by atoms with Crippen LogP contribution in [0.15, 0.2) is 12.3 Å². The van der Waals surface area contributed by atoms with Gasteiger partial charge < -0.3 is 4.90 Å². The number of nitrogens with zero attached hydrogens (tertiary/aromatic N) is 3. The Morgan fingerprint density at radius 3 is 3.00 bits per heavy atom. The standard InChI is InChI=1S/C11H11ClFN3O/c1-2-16(5-3-4-14)11(17)9-6-8(13)7-15-10(9)12/h6-7H,2-3,5H2,1H3. The van der Waals surface area contributed by atoms with Crippen molar-refractivity contribution in [3.05, 3.63) is 28.8 Å². The van der Waals surface area contributed by atoms with Gasteiger partial charge in [0.05, 0.1) is 24.3 Å². The molecule has 1 rings (SSSR count). The highest BCUT2D eigenvalue weighted by Crippen LogP contribution is 2.16. The van der Waals surface area contributed by atoms with Crippen LogP contribution in [0.2, 0.25) is 5.15 Å². The zero-order valence-corrected chi connectivity index (χ0v) is 10.0. The topological polar surface area (TPSA) is 57.0 Å². The summed E-state index contributed by atoms with van der Waals surface area (Å²) in [7, 11) is 0. The summed E-state index contributed by atoms with van der Waals surface area (Å²) in [6.07, 6.45) is 1.17. The summed E-state index contributed by atoms with van der Waals surface area (Å²) in [6.45, 7) is 2.49. The van der Waals surface area contributed by atoms with Crippen molar-refractivity contribution in [3.63, 3.8) is 0 Å². The Balaban J connectivity index is 2.94.